The van der Waals surface area contributed by atoms with Gasteiger partial charge in [-0.05, 0) is 24.3 Å². The van der Waals surface area contributed by atoms with E-state index in [0.717, 1.165) is 11.4 Å². The molecule has 108 valence electrons. The zero-order chi connectivity index (χ0) is 14.7. The smallest absolute Gasteiger partial charge is 0.255 e. The number of carbonyl (C=O) groups excluding carboxylic acids is 1. The van der Waals surface area contributed by atoms with Crippen LogP contribution in [-0.2, 0) is 9.63 Å². The molecular weight excluding hydrogens is 284 g/mol. The first kappa shape index (κ1) is 14.0. The minimum absolute atomic E-state index is 0.0281. The van der Waals surface area contributed by atoms with Crippen molar-refractivity contribution in [1.29, 1.82) is 0 Å². The van der Waals surface area contributed by atoms with Gasteiger partial charge in [-0.15, -0.1) is 0 Å². The standard InChI is InChI=1S/C16H16N2O2S/c1-17(13-7-3-2-4-8-13)16(19)11-20-18-12-21-15-10-6-5-9-14(15)18/h2-10H,11-12H2,1H3. The van der Waals surface area contributed by atoms with E-state index in [1.807, 2.05) is 48.5 Å². The Kier molecular flexibility index (Phi) is 4.13. The average Bonchev–Trinajstić information content (AvgIpc) is 2.96. The van der Waals surface area contributed by atoms with E-state index in [0.29, 0.717) is 5.88 Å². The van der Waals surface area contributed by atoms with E-state index in [2.05, 4.69) is 6.07 Å². The van der Waals surface area contributed by atoms with Gasteiger partial charge in [0.1, 0.15) is 0 Å². The van der Waals surface area contributed by atoms with Crippen molar-refractivity contribution in [2.24, 2.45) is 0 Å². The number of carbonyl (C=O) groups is 1. The van der Waals surface area contributed by atoms with Crippen molar-refractivity contribution in [3.63, 3.8) is 0 Å². The Hall–Kier alpha value is -1.98. The first-order valence-corrected chi connectivity index (χ1v) is 7.68. The van der Waals surface area contributed by atoms with E-state index >= 15 is 0 Å². The minimum Gasteiger partial charge on any atom is -0.313 e. The maximum absolute atomic E-state index is 12.2. The third-order valence-electron chi connectivity index (χ3n) is 3.33. The third-order valence-corrected chi connectivity index (χ3v) is 4.35. The van der Waals surface area contributed by atoms with E-state index in [-0.39, 0.29) is 12.5 Å². The van der Waals surface area contributed by atoms with Crippen LogP contribution < -0.4 is 9.96 Å². The molecule has 0 atom stereocenters. The molecule has 4 nitrogen and oxygen atoms in total. The largest absolute Gasteiger partial charge is 0.313 e. The van der Waals surface area contributed by atoms with Crippen LogP contribution >= 0.6 is 11.8 Å². The quantitative estimate of drug-likeness (QED) is 0.868. The van der Waals surface area contributed by atoms with E-state index in [1.54, 1.807) is 28.8 Å². The summed E-state index contributed by atoms with van der Waals surface area (Å²) in [6.45, 7) is 0.0281. The van der Waals surface area contributed by atoms with Gasteiger partial charge in [0.2, 0.25) is 0 Å². The number of amides is 1. The fourth-order valence-corrected chi connectivity index (χ4v) is 3.08. The molecule has 0 unspecified atom stereocenters. The number of thioether (sulfide) groups is 1. The zero-order valence-corrected chi connectivity index (χ0v) is 12.5. The molecule has 0 aromatic heterocycles. The molecule has 1 aliphatic heterocycles. The molecule has 2 aromatic rings. The highest BCUT2D eigenvalue weighted by atomic mass is 32.2. The fraction of sp³-hybridized carbons (Fsp3) is 0.188. The predicted molar refractivity (Wildman–Crippen MR) is 85.4 cm³/mol. The van der Waals surface area contributed by atoms with Gasteiger partial charge in [0.15, 0.2) is 6.61 Å². The van der Waals surface area contributed by atoms with Crippen LogP contribution in [0.3, 0.4) is 0 Å². The van der Waals surface area contributed by atoms with Crippen molar-refractivity contribution in [2.75, 3.05) is 29.5 Å². The SMILES string of the molecule is CN(C(=O)CON1CSc2ccccc21)c1ccccc1. The number of likely N-dealkylation sites (N-methyl/N-ethyl adjacent to an activating group) is 1. The molecule has 1 aliphatic rings. The van der Waals surface area contributed by atoms with E-state index in [4.69, 9.17) is 4.84 Å². The van der Waals surface area contributed by atoms with Gasteiger partial charge in [0, 0.05) is 17.6 Å². The molecular formula is C16H16N2O2S. The zero-order valence-electron chi connectivity index (χ0n) is 11.7. The number of nitrogens with zero attached hydrogens (tertiary/aromatic N) is 2. The van der Waals surface area contributed by atoms with Gasteiger partial charge in [0.05, 0.1) is 11.6 Å². The van der Waals surface area contributed by atoms with Crippen molar-refractivity contribution in [3.05, 3.63) is 54.6 Å². The molecule has 1 amide bonds. The second kappa shape index (κ2) is 6.20. The average molecular weight is 300 g/mol. The number of anilines is 2. The highest BCUT2D eigenvalue weighted by Gasteiger charge is 2.21. The Morgan fingerprint density at radius 1 is 1.19 bits per heavy atom. The molecule has 0 spiro atoms. The second-order valence-corrected chi connectivity index (χ2v) is 5.67. The maximum atomic E-state index is 12.2. The number of hydrogen-bond acceptors (Lipinski definition) is 4. The number of fused-ring (bicyclic) bond motifs is 1. The van der Waals surface area contributed by atoms with Crippen molar-refractivity contribution in [2.45, 2.75) is 4.90 Å². The molecule has 0 saturated carbocycles. The van der Waals surface area contributed by atoms with Gasteiger partial charge in [-0.25, -0.2) is 5.06 Å². The Morgan fingerprint density at radius 3 is 2.71 bits per heavy atom. The Balaban J connectivity index is 1.60. The van der Waals surface area contributed by atoms with Crippen LogP contribution in [0.5, 0.6) is 0 Å². The van der Waals surface area contributed by atoms with Crippen LogP contribution in [0.1, 0.15) is 0 Å². The lowest BCUT2D eigenvalue weighted by atomic mass is 10.3. The lowest BCUT2D eigenvalue weighted by molar-refractivity contribution is -0.123. The molecule has 0 saturated heterocycles. The first-order chi connectivity index (χ1) is 10.3. The lowest BCUT2D eigenvalue weighted by Gasteiger charge is -2.21. The van der Waals surface area contributed by atoms with Crippen molar-refractivity contribution in [3.8, 4) is 0 Å². The summed E-state index contributed by atoms with van der Waals surface area (Å²) in [5.74, 6) is 0.636. The molecule has 0 fully saturated rings. The van der Waals surface area contributed by atoms with Gasteiger partial charge >= 0.3 is 0 Å². The topological polar surface area (TPSA) is 32.8 Å². The lowest BCUT2D eigenvalue weighted by Crippen LogP contribution is -2.33. The monoisotopic (exact) mass is 300 g/mol. The van der Waals surface area contributed by atoms with Crippen molar-refractivity contribution < 1.29 is 9.63 Å². The number of rotatable bonds is 4. The number of hydroxylamine groups is 1. The third kappa shape index (κ3) is 3.04. The molecule has 2 aromatic carbocycles. The van der Waals surface area contributed by atoms with Crippen LogP contribution in [0, 0.1) is 0 Å². The molecule has 1 heterocycles. The normalized spacial score (nSPS) is 13.1. The number of para-hydroxylation sites is 2. The molecule has 0 aliphatic carbocycles. The first-order valence-electron chi connectivity index (χ1n) is 6.69. The molecule has 5 heteroatoms. The predicted octanol–water partition coefficient (Wildman–Crippen LogP) is 3.15. The minimum atomic E-state index is -0.0735. The number of hydrogen-bond donors (Lipinski definition) is 0. The van der Waals surface area contributed by atoms with Crippen LogP contribution in [-0.4, -0.2) is 25.4 Å². The molecule has 0 radical (unpaired) electrons. The summed E-state index contributed by atoms with van der Waals surface area (Å²) in [6.07, 6.45) is 0. The molecule has 3 rings (SSSR count). The highest BCUT2D eigenvalue weighted by molar-refractivity contribution is 7.99. The van der Waals surface area contributed by atoms with Crippen LogP contribution in [0.4, 0.5) is 11.4 Å². The summed E-state index contributed by atoms with van der Waals surface area (Å²) in [5, 5.41) is 1.77. The van der Waals surface area contributed by atoms with Crippen molar-refractivity contribution in [1.82, 2.24) is 0 Å². The molecule has 21 heavy (non-hydrogen) atoms. The highest BCUT2D eigenvalue weighted by Crippen LogP contribution is 2.37. The van der Waals surface area contributed by atoms with Gasteiger partial charge in [0.25, 0.3) is 5.91 Å². The van der Waals surface area contributed by atoms with Crippen LogP contribution in [0.2, 0.25) is 0 Å². The number of benzene rings is 2. The van der Waals surface area contributed by atoms with Crippen molar-refractivity contribution >= 4 is 29.0 Å². The van der Waals surface area contributed by atoms with Gasteiger partial charge in [-0.1, -0.05) is 42.1 Å². The Morgan fingerprint density at radius 2 is 1.90 bits per heavy atom. The Bertz CT molecular complexity index is 633. The Labute approximate surface area is 128 Å². The second-order valence-electron chi connectivity index (χ2n) is 4.68. The van der Waals surface area contributed by atoms with Gasteiger partial charge in [-0.3, -0.25) is 9.63 Å². The van der Waals surface area contributed by atoms with Gasteiger partial charge < -0.3 is 4.90 Å². The van der Waals surface area contributed by atoms with Crippen LogP contribution in [0.15, 0.2) is 59.5 Å². The van der Waals surface area contributed by atoms with Crippen LogP contribution in [0.25, 0.3) is 0 Å². The van der Waals surface area contributed by atoms with E-state index < -0.39 is 0 Å². The summed E-state index contributed by atoms with van der Waals surface area (Å²) < 4.78 is 0. The van der Waals surface area contributed by atoms with E-state index in [1.165, 1.54) is 4.90 Å². The summed E-state index contributed by atoms with van der Waals surface area (Å²) in [6, 6.07) is 17.6. The summed E-state index contributed by atoms with van der Waals surface area (Å²) in [5.41, 5.74) is 1.89. The van der Waals surface area contributed by atoms with Gasteiger partial charge in [-0.2, -0.15) is 0 Å². The summed E-state index contributed by atoms with van der Waals surface area (Å²) >= 11 is 1.71. The molecule has 0 N–H and O–H groups in total. The fourth-order valence-electron chi connectivity index (χ4n) is 2.12. The molecule has 0 bridgehead atoms. The maximum Gasteiger partial charge on any atom is 0.255 e. The summed E-state index contributed by atoms with van der Waals surface area (Å²) in [4.78, 5) is 20.6. The van der Waals surface area contributed by atoms with E-state index in [9.17, 15) is 4.79 Å². The summed E-state index contributed by atoms with van der Waals surface area (Å²) in [7, 11) is 1.76.